The summed E-state index contributed by atoms with van der Waals surface area (Å²) < 4.78 is 5.67. The Morgan fingerprint density at radius 1 is 1.11 bits per heavy atom. The van der Waals surface area contributed by atoms with Gasteiger partial charge in [0.2, 0.25) is 0 Å². The summed E-state index contributed by atoms with van der Waals surface area (Å²) in [6.45, 7) is 1.63. The van der Waals surface area contributed by atoms with Gasteiger partial charge in [-0.05, 0) is 47.5 Å². The van der Waals surface area contributed by atoms with E-state index in [1.165, 1.54) is 18.3 Å². The van der Waals surface area contributed by atoms with Crippen molar-refractivity contribution in [2.24, 2.45) is 5.10 Å². The molecule has 3 rings (SSSR count). The molecule has 7 heteroatoms. The fraction of sp³-hybridized carbons (Fsp3) is 0.100. The number of carbonyl (C=O) groups is 1. The van der Waals surface area contributed by atoms with Crippen LogP contribution in [0.15, 0.2) is 71.8 Å². The first-order valence-electron chi connectivity index (χ1n) is 8.26. The van der Waals surface area contributed by atoms with Crippen LogP contribution in [0.3, 0.4) is 0 Å². The van der Waals surface area contributed by atoms with Gasteiger partial charge < -0.3 is 4.74 Å². The van der Waals surface area contributed by atoms with Gasteiger partial charge in [-0.15, -0.1) is 0 Å². The van der Waals surface area contributed by atoms with Crippen molar-refractivity contribution < 1.29 is 14.5 Å². The molecule has 1 atom stereocenters. The third-order valence-corrected chi connectivity index (χ3v) is 3.90. The number of carbonyl (C=O) groups excluding carboxylic acids is 1. The molecule has 3 aromatic rings. The molecule has 136 valence electrons. The fourth-order valence-electron chi connectivity index (χ4n) is 2.44. The Labute approximate surface area is 155 Å². The number of benzene rings is 3. The summed E-state index contributed by atoms with van der Waals surface area (Å²) in [4.78, 5) is 22.2. The van der Waals surface area contributed by atoms with Gasteiger partial charge in [0.15, 0.2) is 6.10 Å². The second-order valence-electron chi connectivity index (χ2n) is 5.85. The van der Waals surface area contributed by atoms with E-state index < -0.39 is 16.9 Å². The van der Waals surface area contributed by atoms with E-state index >= 15 is 0 Å². The highest BCUT2D eigenvalue weighted by Gasteiger charge is 2.14. The third-order valence-electron chi connectivity index (χ3n) is 3.90. The zero-order chi connectivity index (χ0) is 19.2. The summed E-state index contributed by atoms with van der Waals surface area (Å²) >= 11 is 0. The fourth-order valence-corrected chi connectivity index (χ4v) is 2.44. The largest absolute Gasteiger partial charge is 0.481 e. The van der Waals surface area contributed by atoms with Crippen LogP contribution in [0.4, 0.5) is 5.69 Å². The van der Waals surface area contributed by atoms with Gasteiger partial charge >= 0.3 is 0 Å². The Kier molecular flexibility index (Phi) is 5.41. The predicted molar refractivity (Wildman–Crippen MR) is 103 cm³/mol. The van der Waals surface area contributed by atoms with Gasteiger partial charge in [-0.1, -0.05) is 30.3 Å². The molecule has 0 heterocycles. The molecule has 0 saturated carbocycles. The van der Waals surface area contributed by atoms with Gasteiger partial charge in [0, 0.05) is 12.1 Å². The lowest BCUT2D eigenvalue weighted by Gasteiger charge is -2.13. The van der Waals surface area contributed by atoms with Crippen LogP contribution in [0.2, 0.25) is 0 Å². The molecule has 7 nitrogen and oxygen atoms in total. The molecule has 0 aliphatic carbocycles. The van der Waals surface area contributed by atoms with E-state index in [0.29, 0.717) is 11.3 Å². The number of amides is 1. The van der Waals surface area contributed by atoms with Gasteiger partial charge in [-0.3, -0.25) is 14.9 Å². The van der Waals surface area contributed by atoms with Crippen LogP contribution in [-0.4, -0.2) is 23.1 Å². The van der Waals surface area contributed by atoms with Crippen molar-refractivity contribution in [1.29, 1.82) is 0 Å². The first-order chi connectivity index (χ1) is 13.0. The van der Waals surface area contributed by atoms with Crippen molar-refractivity contribution in [3.8, 4) is 5.75 Å². The van der Waals surface area contributed by atoms with Crippen LogP contribution in [-0.2, 0) is 4.79 Å². The molecule has 3 aromatic carbocycles. The van der Waals surface area contributed by atoms with Crippen LogP contribution >= 0.6 is 0 Å². The number of nitro benzene ring substituents is 1. The Morgan fingerprint density at radius 2 is 1.81 bits per heavy atom. The quantitative estimate of drug-likeness (QED) is 0.411. The number of fused-ring (bicyclic) bond motifs is 1. The first kappa shape index (κ1) is 18.1. The Hall–Kier alpha value is -3.74. The number of non-ortho nitro benzene ring substituents is 1. The molecular weight excluding hydrogens is 346 g/mol. The molecule has 0 aromatic heterocycles. The summed E-state index contributed by atoms with van der Waals surface area (Å²) in [7, 11) is 0. The zero-order valence-corrected chi connectivity index (χ0v) is 14.5. The van der Waals surface area contributed by atoms with Gasteiger partial charge in [0.05, 0.1) is 11.1 Å². The maximum atomic E-state index is 12.1. The summed E-state index contributed by atoms with van der Waals surface area (Å²) in [6, 6.07) is 19.3. The number of hydrogen-bond acceptors (Lipinski definition) is 5. The van der Waals surface area contributed by atoms with Crippen molar-refractivity contribution in [3.05, 3.63) is 82.4 Å². The second-order valence-corrected chi connectivity index (χ2v) is 5.85. The molecule has 1 amide bonds. The minimum atomic E-state index is -0.736. The summed E-state index contributed by atoms with van der Waals surface area (Å²) in [5, 5.41) is 16.6. The molecule has 1 N–H and O–H groups in total. The van der Waals surface area contributed by atoms with Gasteiger partial charge in [-0.25, -0.2) is 5.43 Å². The van der Waals surface area contributed by atoms with Gasteiger partial charge in [0.25, 0.3) is 11.6 Å². The molecule has 0 radical (unpaired) electrons. The van der Waals surface area contributed by atoms with E-state index in [1.54, 1.807) is 19.1 Å². The maximum absolute atomic E-state index is 12.1. The highest BCUT2D eigenvalue weighted by Crippen LogP contribution is 2.21. The van der Waals surface area contributed by atoms with Crippen molar-refractivity contribution in [3.63, 3.8) is 0 Å². The normalized spacial score (nSPS) is 12.0. The molecule has 27 heavy (non-hydrogen) atoms. The summed E-state index contributed by atoms with van der Waals surface area (Å²) in [5.41, 5.74) is 3.02. The van der Waals surface area contributed by atoms with E-state index in [2.05, 4.69) is 10.5 Å². The highest BCUT2D eigenvalue weighted by atomic mass is 16.6. The molecule has 0 aliphatic heterocycles. The van der Waals surface area contributed by atoms with Crippen molar-refractivity contribution >= 4 is 28.6 Å². The smallest absolute Gasteiger partial charge is 0.280 e. The highest BCUT2D eigenvalue weighted by molar-refractivity contribution is 5.85. The molecular formula is C20H17N3O4. The van der Waals surface area contributed by atoms with Crippen molar-refractivity contribution in [2.75, 3.05) is 0 Å². The van der Waals surface area contributed by atoms with Crippen LogP contribution in [0.1, 0.15) is 12.5 Å². The maximum Gasteiger partial charge on any atom is 0.280 e. The topological polar surface area (TPSA) is 93.8 Å². The van der Waals surface area contributed by atoms with E-state index in [4.69, 9.17) is 4.74 Å². The molecule has 0 aliphatic rings. The Balaban J connectivity index is 1.57. The predicted octanol–water partition coefficient (Wildman–Crippen LogP) is 3.67. The average molecular weight is 363 g/mol. The Morgan fingerprint density at radius 3 is 2.52 bits per heavy atom. The minimum Gasteiger partial charge on any atom is -0.481 e. The molecule has 0 spiro atoms. The van der Waals surface area contributed by atoms with E-state index in [9.17, 15) is 14.9 Å². The van der Waals surface area contributed by atoms with Crippen LogP contribution < -0.4 is 10.2 Å². The van der Waals surface area contributed by atoms with Gasteiger partial charge in [-0.2, -0.15) is 5.10 Å². The van der Waals surface area contributed by atoms with E-state index in [0.717, 1.165) is 10.8 Å². The lowest BCUT2D eigenvalue weighted by Crippen LogP contribution is -2.33. The number of hydrazone groups is 1. The third kappa shape index (κ3) is 4.66. The summed E-state index contributed by atoms with van der Waals surface area (Å²) in [6.07, 6.45) is 0.671. The monoisotopic (exact) mass is 363 g/mol. The van der Waals surface area contributed by atoms with E-state index in [1.807, 2.05) is 42.5 Å². The molecule has 0 fully saturated rings. The Bertz CT molecular complexity index is 1000. The van der Waals surface area contributed by atoms with Gasteiger partial charge in [0.1, 0.15) is 5.75 Å². The summed E-state index contributed by atoms with van der Waals surface area (Å²) in [5.74, 6) is 0.192. The number of ether oxygens (including phenoxy) is 1. The lowest BCUT2D eigenvalue weighted by molar-refractivity contribution is -0.384. The average Bonchev–Trinajstić information content (AvgIpc) is 2.68. The zero-order valence-electron chi connectivity index (χ0n) is 14.5. The number of nitrogens with zero attached hydrogens (tertiary/aromatic N) is 2. The lowest BCUT2D eigenvalue weighted by atomic mass is 10.1. The molecule has 0 saturated heterocycles. The van der Waals surface area contributed by atoms with E-state index in [-0.39, 0.29) is 5.69 Å². The standard InChI is InChI=1S/C20H17N3O4/c1-14(27-19-11-8-16-4-2-3-5-17(16)12-19)20(24)22-21-13-15-6-9-18(10-7-15)23(25)26/h2-14H,1H3,(H,22,24)/b21-13-/t14-/m0/s1. The number of nitro groups is 1. The minimum absolute atomic E-state index is 0.00593. The second kappa shape index (κ2) is 8.09. The van der Waals surface area contributed by atoms with Crippen LogP contribution in [0.5, 0.6) is 5.75 Å². The van der Waals surface area contributed by atoms with Crippen molar-refractivity contribution in [2.45, 2.75) is 13.0 Å². The molecule has 0 bridgehead atoms. The number of nitrogens with one attached hydrogen (secondary N) is 1. The first-order valence-corrected chi connectivity index (χ1v) is 8.26. The number of rotatable bonds is 6. The number of hydrogen-bond donors (Lipinski definition) is 1. The SMILES string of the molecule is C[C@H](Oc1ccc2ccccc2c1)C(=O)N/N=C\c1ccc([N+](=O)[O-])cc1. The van der Waals surface area contributed by atoms with Crippen LogP contribution in [0, 0.1) is 10.1 Å². The molecule has 0 unspecified atom stereocenters. The van der Waals surface area contributed by atoms with Crippen LogP contribution in [0.25, 0.3) is 10.8 Å². The van der Waals surface area contributed by atoms with Crippen molar-refractivity contribution in [1.82, 2.24) is 5.43 Å².